The molecule has 0 bridgehead atoms. The average Bonchev–Trinajstić information content (AvgIpc) is 3.28. The molecular formula is C14H46N11O15P3. The number of rotatable bonds is 8. The number of aliphatic hydroxyl groups is 2. The van der Waals surface area contributed by atoms with Gasteiger partial charge in [0.25, 0.3) is 15.6 Å². The van der Waals surface area contributed by atoms with E-state index in [2.05, 4.69) is 28.1 Å². The first-order valence-electron chi connectivity index (χ1n) is 9.84. The van der Waals surface area contributed by atoms with Crippen molar-refractivity contribution in [2.45, 2.75) is 38.4 Å². The van der Waals surface area contributed by atoms with Crippen LogP contribution in [-0.4, -0.2) is 67.9 Å². The summed E-state index contributed by atoms with van der Waals surface area (Å²) in [5.74, 6) is 0.0195. The Bertz CT molecular complexity index is 1160. The minimum atomic E-state index is -6.14. The van der Waals surface area contributed by atoms with Gasteiger partial charge in [-0.3, -0.25) is 18.0 Å². The van der Waals surface area contributed by atoms with Gasteiger partial charge in [0.15, 0.2) is 17.7 Å². The summed E-state index contributed by atoms with van der Waals surface area (Å²) in [6.07, 6.45) is -3.99. The molecule has 3 heterocycles. The number of nitrogens with zero attached hydrogens (tertiary/aromatic N) is 4. The van der Waals surface area contributed by atoms with E-state index in [1.807, 2.05) is 0 Å². The maximum Gasteiger partial charge on any atom is 0.278 e. The van der Waals surface area contributed by atoms with Crippen molar-refractivity contribution < 1.29 is 71.6 Å². The van der Waals surface area contributed by atoms with Crippen LogP contribution in [0, 0.1) is 0 Å². The van der Waals surface area contributed by atoms with Gasteiger partial charge in [-0.15, -0.1) is 13.2 Å². The lowest BCUT2D eigenvalue weighted by molar-refractivity contribution is -0.362. The zero-order valence-electron chi connectivity index (χ0n) is 25.0. The molecule has 0 aromatic carbocycles. The number of aliphatic hydroxyl groups excluding tert-OH is 2. The van der Waals surface area contributed by atoms with Crippen molar-refractivity contribution in [3.05, 3.63) is 12.7 Å². The first kappa shape index (κ1) is 53.8. The first-order valence-corrected chi connectivity index (χ1v) is 14.2. The Morgan fingerprint density at radius 1 is 0.884 bits per heavy atom. The fourth-order valence-corrected chi connectivity index (χ4v) is 5.47. The smallest absolute Gasteiger partial charge is 0.278 e. The average molecular weight is 702 g/mol. The summed E-state index contributed by atoms with van der Waals surface area (Å²) in [5, 5.41) is 38.2. The van der Waals surface area contributed by atoms with Crippen LogP contribution in [0.1, 0.15) is 20.1 Å². The number of fused-ring (bicyclic) bond motifs is 1. The number of phosphoric ester groups is 1. The summed E-state index contributed by atoms with van der Waals surface area (Å²) >= 11 is 0. The molecule has 1 aliphatic rings. The van der Waals surface area contributed by atoms with Crippen LogP contribution in [0.25, 0.3) is 11.2 Å². The van der Waals surface area contributed by atoms with E-state index in [-0.39, 0.29) is 67.1 Å². The molecule has 1 fully saturated rings. The van der Waals surface area contributed by atoms with E-state index in [1.54, 1.807) is 13.8 Å². The molecule has 2 aromatic rings. The highest BCUT2D eigenvalue weighted by Crippen LogP contribution is 2.60. The van der Waals surface area contributed by atoms with Gasteiger partial charge in [0.1, 0.15) is 30.2 Å². The van der Waals surface area contributed by atoms with Gasteiger partial charge in [0.05, 0.1) is 20.8 Å². The Morgan fingerprint density at radius 3 is 1.84 bits per heavy atom. The lowest BCUT2D eigenvalue weighted by Crippen LogP contribution is -2.34. The molecule has 0 saturated carbocycles. The van der Waals surface area contributed by atoms with Gasteiger partial charge in [-0.25, -0.2) is 19.3 Å². The Labute approximate surface area is 245 Å². The zero-order valence-corrected chi connectivity index (χ0v) is 27.7. The number of aromatic nitrogens is 4. The summed E-state index contributed by atoms with van der Waals surface area (Å²) in [6.45, 7) is 2.06. The molecule has 1 aliphatic heterocycles. The molecule has 28 N–H and O–H groups in total. The molecule has 2 unspecified atom stereocenters. The lowest BCUT2D eigenvalue weighted by atomic mass is 10.1. The number of hydrogen-bond acceptors (Lipinski definition) is 19. The van der Waals surface area contributed by atoms with Crippen molar-refractivity contribution in [2.24, 2.45) is 0 Å². The van der Waals surface area contributed by atoms with E-state index >= 15 is 0 Å². The summed E-state index contributed by atoms with van der Waals surface area (Å²) in [6, 6.07) is 0. The molecular weight excluding hydrogens is 655 g/mol. The summed E-state index contributed by atoms with van der Waals surface area (Å²) < 4.78 is 50.2. The van der Waals surface area contributed by atoms with Gasteiger partial charge in [-0.05, 0) is 0 Å². The number of quaternary nitrogens is 6. The van der Waals surface area contributed by atoms with Gasteiger partial charge in [0.2, 0.25) is 0 Å². The molecule has 29 heteroatoms. The van der Waals surface area contributed by atoms with Crippen LogP contribution in [-0.2, 0) is 31.6 Å². The molecule has 0 spiro atoms. The van der Waals surface area contributed by atoms with E-state index in [9.17, 15) is 43.5 Å². The van der Waals surface area contributed by atoms with Crippen LogP contribution in [0.15, 0.2) is 12.7 Å². The fourth-order valence-electron chi connectivity index (χ4n) is 2.60. The zero-order chi connectivity index (χ0) is 28.6. The van der Waals surface area contributed by atoms with Gasteiger partial charge >= 0.3 is 0 Å². The Kier molecular flexibility index (Phi) is 28.5. The number of nitrogen functional groups attached to an aromatic ring is 1. The highest BCUT2D eigenvalue weighted by atomic mass is 31.3. The second kappa shape index (κ2) is 22.8. The summed E-state index contributed by atoms with van der Waals surface area (Å²) in [7, 11) is -18.1. The Morgan fingerprint density at radius 2 is 1.37 bits per heavy atom. The largest absolute Gasteiger partial charge is 0.855 e. The van der Waals surface area contributed by atoms with Crippen LogP contribution in [0.2, 0.25) is 0 Å². The molecule has 0 radical (unpaired) electrons. The van der Waals surface area contributed by atoms with Gasteiger partial charge in [0, 0.05) is 0 Å². The monoisotopic (exact) mass is 701 g/mol. The first-order chi connectivity index (χ1) is 17.0. The maximum atomic E-state index is 11.6. The lowest BCUT2D eigenvalue weighted by Gasteiger charge is -2.37. The molecule has 6 atom stereocenters. The molecule has 26 nitrogen and oxygen atoms in total. The summed E-state index contributed by atoms with van der Waals surface area (Å²) in [4.78, 5) is 54.9. The molecule has 262 valence electrons. The van der Waals surface area contributed by atoms with Gasteiger partial charge in [-0.1, -0.05) is 13.8 Å². The predicted molar refractivity (Wildman–Crippen MR) is 144 cm³/mol. The number of nitrogens with two attached hydrogens (primary N) is 1. The highest BCUT2D eigenvalue weighted by Gasteiger charge is 2.45. The molecule has 43 heavy (non-hydrogen) atoms. The number of hydrogen-bond donors (Lipinski definition) is 9. The van der Waals surface area contributed by atoms with Crippen molar-refractivity contribution in [3.63, 3.8) is 0 Å². The quantitative estimate of drug-likeness (QED) is 0.123. The number of phosphoric acid groups is 3. The van der Waals surface area contributed by atoms with Crippen molar-refractivity contribution in [3.8, 4) is 0 Å². The third kappa shape index (κ3) is 16.8. The summed E-state index contributed by atoms with van der Waals surface area (Å²) in [5.41, 5.74) is 5.92. The number of anilines is 1. The normalized spacial score (nSPS) is 21.3. The predicted octanol–water partition coefficient (Wildman–Crippen LogP) is -3.17. The van der Waals surface area contributed by atoms with Crippen molar-refractivity contribution in [1.29, 1.82) is 0 Å². The van der Waals surface area contributed by atoms with E-state index in [4.69, 9.17) is 20.7 Å². The second-order valence-corrected chi connectivity index (χ2v) is 10.8. The third-order valence-electron chi connectivity index (χ3n) is 3.80. The van der Waals surface area contributed by atoms with Crippen LogP contribution in [0.5, 0.6) is 0 Å². The van der Waals surface area contributed by atoms with Crippen LogP contribution in [0.3, 0.4) is 0 Å². The van der Waals surface area contributed by atoms with Crippen molar-refractivity contribution in [1.82, 2.24) is 56.4 Å². The van der Waals surface area contributed by atoms with E-state index in [0.29, 0.717) is 0 Å². The second-order valence-electron chi connectivity index (χ2n) is 6.51. The van der Waals surface area contributed by atoms with Crippen LogP contribution in [0.4, 0.5) is 5.82 Å². The number of imidazole rings is 1. The molecule has 2 aromatic heterocycles. The third-order valence-corrected chi connectivity index (χ3v) is 7.46. The van der Waals surface area contributed by atoms with Crippen molar-refractivity contribution in [2.75, 3.05) is 25.6 Å². The topological polar surface area (TPSA) is 556 Å². The minimum absolute atomic E-state index is 0. The molecule has 0 aliphatic carbocycles. The Hall–Kier alpha value is -1.68. The van der Waals surface area contributed by atoms with Gasteiger partial charge < -0.3 is 96.5 Å². The van der Waals surface area contributed by atoms with Crippen molar-refractivity contribution >= 4 is 40.4 Å². The highest BCUT2D eigenvalue weighted by molar-refractivity contribution is 7.64. The SMILES string of the molecule is CC[O-].CC[O-].Nc1ncnc2c1ncn2[C@@H]1O[C@H](COP(=O)([O-])OP(=O)([O-])OP(=O)([O-])[O-])[C@@H](O)[C@H]1O.[NH4+].[NH4+].[NH4+].[NH4+].[NH4+].[NH4+]. The van der Waals surface area contributed by atoms with Crippen LogP contribution >= 0.6 is 23.5 Å². The fraction of sp³-hybridized carbons (Fsp3) is 0.643. The Balaban J connectivity index is -0.000000264. The maximum absolute atomic E-state index is 11.6. The standard InChI is InChI=1S/C10H16N5O13P3.2C2H5O.6H3N/c11-8-5-9(13-2-12-8)15(3-14-5)10-7(17)6(16)4(26-10)1-25-30(21,22)28-31(23,24)27-29(18,19)20;2*1-2-3;;;;;;/h2-4,6-7,10,16-17H,1H2,(H,21,22)(H,23,24)(H2,11,12,13)(H2,18,19,20);2*2H2,1H3;6*1H3/q;2*-1;;;;;;/p+2/t4-,6-,7-,10-;;;;;;;;/m1......../s1. The van der Waals surface area contributed by atoms with Crippen LogP contribution < -0.4 is 72.4 Å². The molecule has 1 saturated heterocycles. The molecule has 0 amide bonds. The number of ether oxygens (including phenoxy) is 1. The molecule has 3 rings (SSSR count). The van der Waals surface area contributed by atoms with E-state index in [1.165, 1.54) is 4.57 Å². The van der Waals surface area contributed by atoms with E-state index < -0.39 is 54.6 Å². The van der Waals surface area contributed by atoms with Gasteiger partial charge in [-0.2, -0.15) is 0 Å². The van der Waals surface area contributed by atoms with E-state index in [0.717, 1.165) is 12.7 Å². The minimum Gasteiger partial charge on any atom is -0.855 e.